The molecule has 1 saturated heterocycles. The molecular weight excluding hydrogens is 216 g/mol. The summed E-state index contributed by atoms with van der Waals surface area (Å²) in [7, 11) is 0. The van der Waals surface area contributed by atoms with E-state index < -0.39 is 24.6 Å². The quantitative estimate of drug-likeness (QED) is 0.492. The lowest BCUT2D eigenvalue weighted by molar-refractivity contribution is -0.140. The van der Waals surface area contributed by atoms with Gasteiger partial charge in [0, 0.05) is 19.3 Å². The van der Waals surface area contributed by atoms with E-state index in [9.17, 15) is 9.59 Å². The number of rotatable bonds is 4. The van der Waals surface area contributed by atoms with Gasteiger partial charge >= 0.3 is 12.0 Å². The fraction of sp³-hybridized carbons (Fsp3) is 0.778. The number of carbonyl (C=O) groups excluding carboxylic acids is 1. The summed E-state index contributed by atoms with van der Waals surface area (Å²) in [6.07, 6.45) is 1.43. The van der Waals surface area contributed by atoms with E-state index >= 15 is 0 Å². The van der Waals surface area contributed by atoms with Gasteiger partial charge in [-0.15, -0.1) is 0 Å². The highest BCUT2D eigenvalue weighted by Crippen LogP contribution is 2.05. The van der Waals surface area contributed by atoms with Gasteiger partial charge in [-0.05, 0) is 12.8 Å². The molecule has 1 heterocycles. The summed E-state index contributed by atoms with van der Waals surface area (Å²) >= 11 is 0. The highest BCUT2D eigenvalue weighted by atomic mass is 16.5. The van der Waals surface area contributed by atoms with E-state index in [1.807, 2.05) is 0 Å². The third kappa shape index (κ3) is 4.03. The summed E-state index contributed by atoms with van der Waals surface area (Å²) in [5.74, 6) is -1.26. The molecule has 2 amide bonds. The molecule has 7 nitrogen and oxygen atoms in total. The Bertz CT molecular complexity index is 252. The van der Waals surface area contributed by atoms with Crippen LogP contribution in [-0.4, -0.2) is 54.1 Å². The summed E-state index contributed by atoms with van der Waals surface area (Å²) in [6, 6.07) is -1.84. The van der Waals surface area contributed by atoms with Crippen LogP contribution in [0.3, 0.4) is 0 Å². The zero-order valence-electron chi connectivity index (χ0n) is 8.81. The number of urea groups is 1. The van der Waals surface area contributed by atoms with Crippen LogP contribution in [0.2, 0.25) is 0 Å². The summed E-state index contributed by atoms with van der Waals surface area (Å²) < 4.78 is 5.12. The summed E-state index contributed by atoms with van der Waals surface area (Å²) in [5, 5.41) is 22.1. The van der Waals surface area contributed by atoms with Gasteiger partial charge in [0.05, 0.1) is 6.61 Å². The minimum Gasteiger partial charge on any atom is -0.480 e. The topological polar surface area (TPSA) is 108 Å². The molecule has 1 aliphatic rings. The number of carbonyl (C=O) groups is 2. The van der Waals surface area contributed by atoms with Crippen molar-refractivity contribution >= 4 is 12.0 Å². The van der Waals surface area contributed by atoms with Crippen molar-refractivity contribution in [2.24, 2.45) is 0 Å². The third-order valence-electron chi connectivity index (χ3n) is 2.34. The molecular formula is C9H16N2O5. The standard InChI is InChI=1S/C9H16N2O5/c12-5-7(8(13)14)11-9(15)10-6-1-3-16-4-2-6/h6-7,12H,1-5H2,(H,13,14)(H2,10,11,15)/t7-/m1/s1. The number of aliphatic carboxylic acids is 1. The maximum absolute atomic E-state index is 11.3. The van der Waals surface area contributed by atoms with Crippen molar-refractivity contribution < 1.29 is 24.5 Å². The summed E-state index contributed by atoms with van der Waals surface area (Å²) in [4.78, 5) is 21.9. The van der Waals surface area contributed by atoms with Crippen LogP contribution in [0.5, 0.6) is 0 Å². The van der Waals surface area contributed by atoms with Crippen molar-refractivity contribution in [2.75, 3.05) is 19.8 Å². The van der Waals surface area contributed by atoms with Crippen LogP contribution in [0.15, 0.2) is 0 Å². The molecule has 1 aliphatic heterocycles. The van der Waals surface area contributed by atoms with Crippen molar-refractivity contribution in [3.05, 3.63) is 0 Å². The van der Waals surface area contributed by atoms with E-state index in [0.29, 0.717) is 26.1 Å². The van der Waals surface area contributed by atoms with Crippen molar-refractivity contribution in [1.29, 1.82) is 0 Å². The van der Waals surface area contributed by atoms with E-state index in [1.54, 1.807) is 0 Å². The first-order valence-corrected chi connectivity index (χ1v) is 5.12. The molecule has 0 radical (unpaired) electrons. The average Bonchev–Trinajstić information content (AvgIpc) is 2.27. The number of hydrogen-bond donors (Lipinski definition) is 4. The zero-order chi connectivity index (χ0) is 12.0. The third-order valence-corrected chi connectivity index (χ3v) is 2.34. The van der Waals surface area contributed by atoms with E-state index in [1.165, 1.54) is 0 Å². The van der Waals surface area contributed by atoms with Crippen LogP contribution in [0, 0.1) is 0 Å². The normalized spacial score (nSPS) is 18.8. The molecule has 0 bridgehead atoms. The molecule has 92 valence electrons. The number of aliphatic hydroxyl groups excluding tert-OH is 1. The minimum atomic E-state index is -1.26. The number of carboxylic acid groups (broad SMARTS) is 1. The predicted octanol–water partition coefficient (Wildman–Crippen LogP) is -1.09. The number of nitrogens with one attached hydrogen (secondary N) is 2. The molecule has 0 aromatic rings. The van der Waals surface area contributed by atoms with Gasteiger partial charge in [0.1, 0.15) is 0 Å². The molecule has 0 aliphatic carbocycles. The lowest BCUT2D eigenvalue weighted by atomic mass is 10.1. The smallest absolute Gasteiger partial charge is 0.328 e. The summed E-state index contributed by atoms with van der Waals surface area (Å²) in [6.45, 7) is 0.553. The lowest BCUT2D eigenvalue weighted by Crippen LogP contribution is -2.51. The van der Waals surface area contributed by atoms with Crippen LogP contribution in [0.25, 0.3) is 0 Å². The predicted molar refractivity (Wildman–Crippen MR) is 54.0 cm³/mol. The number of amides is 2. The Morgan fingerprint density at radius 3 is 2.50 bits per heavy atom. The highest BCUT2D eigenvalue weighted by Gasteiger charge is 2.21. The Kier molecular flexibility index (Phi) is 5.00. The van der Waals surface area contributed by atoms with Crippen molar-refractivity contribution in [3.8, 4) is 0 Å². The van der Waals surface area contributed by atoms with Gasteiger partial charge in [-0.2, -0.15) is 0 Å². The molecule has 7 heteroatoms. The average molecular weight is 232 g/mol. The minimum absolute atomic E-state index is 0.00175. The lowest BCUT2D eigenvalue weighted by Gasteiger charge is -2.24. The van der Waals surface area contributed by atoms with Crippen LogP contribution in [0.4, 0.5) is 4.79 Å². The molecule has 1 rings (SSSR count). The van der Waals surface area contributed by atoms with Gasteiger partial charge in [-0.1, -0.05) is 0 Å². The molecule has 1 fully saturated rings. The molecule has 1 atom stereocenters. The van der Waals surface area contributed by atoms with E-state index in [-0.39, 0.29) is 6.04 Å². The van der Waals surface area contributed by atoms with Crippen LogP contribution in [-0.2, 0) is 9.53 Å². The molecule has 0 aromatic heterocycles. The maximum Gasteiger partial charge on any atom is 0.328 e. The second-order valence-corrected chi connectivity index (χ2v) is 3.58. The van der Waals surface area contributed by atoms with Gasteiger partial charge in [0.15, 0.2) is 6.04 Å². The van der Waals surface area contributed by atoms with E-state index in [0.717, 1.165) is 0 Å². The number of hydrogen-bond acceptors (Lipinski definition) is 4. The van der Waals surface area contributed by atoms with E-state index in [2.05, 4.69) is 10.6 Å². The number of aliphatic hydroxyl groups is 1. The number of carboxylic acids is 1. The molecule has 0 saturated carbocycles. The van der Waals surface area contributed by atoms with Crippen molar-refractivity contribution in [3.63, 3.8) is 0 Å². The fourth-order valence-electron chi connectivity index (χ4n) is 1.41. The second-order valence-electron chi connectivity index (χ2n) is 3.58. The highest BCUT2D eigenvalue weighted by molar-refractivity contribution is 5.82. The first kappa shape index (κ1) is 12.7. The Balaban J connectivity index is 2.31. The Morgan fingerprint density at radius 1 is 1.38 bits per heavy atom. The molecule has 0 unspecified atom stereocenters. The Labute approximate surface area is 92.8 Å². The van der Waals surface area contributed by atoms with Crippen molar-refractivity contribution in [2.45, 2.75) is 24.9 Å². The fourth-order valence-corrected chi connectivity index (χ4v) is 1.41. The van der Waals surface area contributed by atoms with Crippen LogP contribution in [0.1, 0.15) is 12.8 Å². The Morgan fingerprint density at radius 2 is 2.00 bits per heavy atom. The van der Waals surface area contributed by atoms with Gasteiger partial charge in [0.2, 0.25) is 0 Å². The SMILES string of the molecule is O=C(NC1CCOCC1)N[C@H](CO)C(=O)O. The number of ether oxygens (including phenoxy) is 1. The van der Waals surface area contributed by atoms with Gasteiger partial charge < -0.3 is 25.6 Å². The van der Waals surface area contributed by atoms with Crippen molar-refractivity contribution in [1.82, 2.24) is 10.6 Å². The molecule has 4 N–H and O–H groups in total. The maximum atomic E-state index is 11.3. The monoisotopic (exact) mass is 232 g/mol. The molecule has 16 heavy (non-hydrogen) atoms. The Hall–Kier alpha value is -1.34. The van der Waals surface area contributed by atoms with E-state index in [4.69, 9.17) is 14.9 Å². The first-order valence-electron chi connectivity index (χ1n) is 5.12. The zero-order valence-corrected chi connectivity index (χ0v) is 8.81. The summed E-state index contributed by atoms with van der Waals surface area (Å²) in [5.41, 5.74) is 0. The van der Waals surface area contributed by atoms with Gasteiger partial charge in [0.25, 0.3) is 0 Å². The second kappa shape index (κ2) is 6.29. The van der Waals surface area contributed by atoms with Gasteiger partial charge in [-0.25, -0.2) is 9.59 Å². The molecule has 0 spiro atoms. The van der Waals surface area contributed by atoms with Crippen LogP contribution >= 0.6 is 0 Å². The van der Waals surface area contributed by atoms with Crippen LogP contribution < -0.4 is 10.6 Å². The van der Waals surface area contributed by atoms with Gasteiger partial charge in [-0.3, -0.25) is 0 Å². The first-order chi connectivity index (χ1) is 7.63. The largest absolute Gasteiger partial charge is 0.480 e. The molecule has 0 aromatic carbocycles.